The SMILES string of the molecule is CCCCCCc1ccc(O)cc1O.CN(C)CCCN1c2ccccc2Sc2ccc(Cl)cc21. The fraction of sp³-hybridized carbons (Fsp3) is 0.379. The van der Waals surface area contributed by atoms with E-state index in [0.29, 0.717) is 0 Å². The van der Waals surface area contributed by atoms with E-state index in [2.05, 4.69) is 67.2 Å². The Morgan fingerprint density at radius 3 is 2.37 bits per heavy atom. The van der Waals surface area contributed by atoms with Gasteiger partial charge >= 0.3 is 0 Å². The van der Waals surface area contributed by atoms with Crippen molar-refractivity contribution in [3.05, 3.63) is 71.2 Å². The van der Waals surface area contributed by atoms with Crippen molar-refractivity contribution in [2.75, 3.05) is 32.1 Å². The summed E-state index contributed by atoms with van der Waals surface area (Å²) in [6, 6.07) is 19.6. The van der Waals surface area contributed by atoms with Crippen LogP contribution in [0.15, 0.2) is 70.5 Å². The van der Waals surface area contributed by atoms with E-state index in [9.17, 15) is 5.11 Å². The maximum atomic E-state index is 9.49. The topological polar surface area (TPSA) is 46.9 Å². The van der Waals surface area contributed by atoms with Gasteiger partial charge in [-0.1, -0.05) is 67.7 Å². The number of unbranched alkanes of at least 4 members (excludes halogenated alkanes) is 3. The molecule has 3 aromatic rings. The summed E-state index contributed by atoms with van der Waals surface area (Å²) in [6.07, 6.45) is 6.80. The zero-order valence-corrected chi connectivity index (χ0v) is 22.6. The van der Waals surface area contributed by atoms with Crippen LogP contribution in [-0.4, -0.2) is 42.3 Å². The van der Waals surface area contributed by atoms with Gasteiger partial charge in [0.25, 0.3) is 0 Å². The number of rotatable bonds is 9. The lowest BCUT2D eigenvalue weighted by molar-refractivity contribution is 0.402. The Morgan fingerprint density at radius 1 is 0.857 bits per heavy atom. The van der Waals surface area contributed by atoms with E-state index in [1.54, 1.807) is 12.1 Å². The highest BCUT2D eigenvalue weighted by Gasteiger charge is 2.23. The molecule has 1 aliphatic rings. The van der Waals surface area contributed by atoms with E-state index in [1.807, 2.05) is 17.8 Å². The summed E-state index contributed by atoms with van der Waals surface area (Å²) in [6.45, 7) is 4.27. The van der Waals surface area contributed by atoms with Gasteiger partial charge in [-0.15, -0.1) is 0 Å². The monoisotopic (exact) mass is 512 g/mol. The Morgan fingerprint density at radius 2 is 1.63 bits per heavy atom. The molecular weight excluding hydrogens is 476 g/mol. The summed E-state index contributed by atoms with van der Waals surface area (Å²) in [5.41, 5.74) is 3.44. The van der Waals surface area contributed by atoms with Crippen LogP contribution in [0.5, 0.6) is 11.5 Å². The Kier molecular flexibility index (Phi) is 10.6. The third-order valence-corrected chi connectivity index (χ3v) is 7.31. The Balaban J connectivity index is 0.000000214. The first kappa shape index (κ1) is 27.3. The van der Waals surface area contributed by atoms with Gasteiger partial charge in [0.2, 0.25) is 0 Å². The third-order valence-electron chi connectivity index (χ3n) is 5.94. The molecule has 3 aromatic carbocycles. The molecule has 1 heterocycles. The van der Waals surface area contributed by atoms with Gasteiger partial charge in [0.05, 0.1) is 11.4 Å². The van der Waals surface area contributed by atoms with Gasteiger partial charge in [-0.05, 0) is 81.9 Å². The minimum Gasteiger partial charge on any atom is -0.508 e. The highest BCUT2D eigenvalue weighted by Crippen LogP contribution is 2.48. The van der Waals surface area contributed by atoms with Crippen molar-refractivity contribution in [1.29, 1.82) is 0 Å². The quantitative estimate of drug-likeness (QED) is 0.283. The summed E-state index contributed by atoms with van der Waals surface area (Å²) >= 11 is 8.03. The molecule has 0 bridgehead atoms. The smallest absolute Gasteiger partial charge is 0.122 e. The molecule has 0 saturated carbocycles. The molecule has 0 aromatic heterocycles. The largest absolute Gasteiger partial charge is 0.508 e. The summed E-state index contributed by atoms with van der Waals surface area (Å²) in [5, 5.41) is 19.4. The second-order valence-electron chi connectivity index (χ2n) is 9.11. The van der Waals surface area contributed by atoms with E-state index in [1.165, 1.54) is 46.5 Å². The first-order chi connectivity index (χ1) is 16.9. The van der Waals surface area contributed by atoms with E-state index in [0.717, 1.165) is 42.9 Å². The van der Waals surface area contributed by atoms with Crippen LogP contribution in [-0.2, 0) is 6.42 Å². The van der Waals surface area contributed by atoms with Crippen molar-refractivity contribution >= 4 is 34.7 Å². The fourth-order valence-corrected chi connectivity index (χ4v) is 5.34. The van der Waals surface area contributed by atoms with Crippen LogP contribution in [0.4, 0.5) is 11.4 Å². The predicted octanol–water partition coefficient (Wildman–Crippen LogP) is 8.12. The fourth-order valence-electron chi connectivity index (χ4n) is 4.09. The van der Waals surface area contributed by atoms with Crippen molar-refractivity contribution in [1.82, 2.24) is 4.90 Å². The number of aryl methyl sites for hydroxylation is 1. The van der Waals surface area contributed by atoms with Gasteiger partial charge in [0.15, 0.2) is 0 Å². The van der Waals surface area contributed by atoms with Crippen molar-refractivity contribution in [2.24, 2.45) is 0 Å². The summed E-state index contributed by atoms with van der Waals surface area (Å²) in [4.78, 5) is 7.22. The van der Waals surface area contributed by atoms with Gasteiger partial charge in [0.1, 0.15) is 11.5 Å². The van der Waals surface area contributed by atoms with Gasteiger partial charge < -0.3 is 20.0 Å². The Labute approximate surface area is 219 Å². The van der Waals surface area contributed by atoms with Crippen LogP contribution in [0.1, 0.15) is 44.6 Å². The van der Waals surface area contributed by atoms with Gasteiger partial charge in [-0.2, -0.15) is 0 Å². The Bertz CT molecular complexity index is 1090. The number of halogens is 1. The van der Waals surface area contributed by atoms with Crippen LogP contribution >= 0.6 is 23.4 Å². The third kappa shape index (κ3) is 8.09. The van der Waals surface area contributed by atoms with E-state index in [-0.39, 0.29) is 11.5 Å². The van der Waals surface area contributed by atoms with Crippen molar-refractivity contribution in [3.8, 4) is 11.5 Å². The standard InChI is InChI=1S/C17H19ClN2S.C12H18O2/c1-19(2)10-5-11-20-14-6-3-4-7-16(14)21-17-9-8-13(18)12-15(17)20;1-2-3-4-5-6-10-7-8-11(13)9-12(10)14/h3-4,6-9,12H,5,10-11H2,1-2H3;7-9,13-14H,2-6H2,1H3. The number of benzene rings is 3. The zero-order chi connectivity index (χ0) is 25.2. The number of hydrogen-bond donors (Lipinski definition) is 2. The first-order valence-corrected chi connectivity index (χ1v) is 13.6. The van der Waals surface area contributed by atoms with E-state index < -0.39 is 0 Å². The first-order valence-electron chi connectivity index (χ1n) is 12.4. The second-order valence-corrected chi connectivity index (χ2v) is 10.6. The molecule has 6 heteroatoms. The number of nitrogens with zero attached hydrogens (tertiary/aromatic N) is 2. The summed E-state index contributed by atoms with van der Waals surface area (Å²) in [7, 11) is 4.23. The van der Waals surface area contributed by atoms with Crippen LogP contribution in [0.25, 0.3) is 0 Å². The van der Waals surface area contributed by atoms with E-state index in [4.69, 9.17) is 16.7 Å². The molecule has 0 amide bonds. The van der Waals surface area contributed by atoms with Gasteiger partial charge in [-0.3, -0.25) is 0 Å². The molecule has 0 aliphatic carbocycles. The summed E-state index contributed by atoms with van der Waals surface area (Å²) in [5.74, 6) is 0.335. The number of aromatic hydroxyl groups is 2. The van der Waals surface area contributed by atoms with Crippen molar-refractivity contribution < 1.29 is 10.2 Å². The van der Waals surface area contributed by atoms with Crippen LogP contribution < -0.4 is 4.90 Å². The molecule has 0 radical (unpaired) electrons. The molecule has 0 atom stereocenters. The van der Waals surface area contributed by atoms with E-state index >= 15 is 0 Å². The van der Waals surface area contributed by atoms with Gasteiger partial charge in [0, 0.05) is 27.4 Å². The minimum atomic E-state index is 0.125. The number of para-hydroxylation sites is 1. The number of anilines is 2. The average molecular weight is 513 g/mol. The molecule has 0 spiro atoms. The van der Waals surface area contributed by atoms with Crippen LogP contribution in [0.2, 0.25) is 5.02 Å². The molecule has 188 valence electrons. The molecule has 4 nitrogen and oxygen atoms in total. The Hall–Kier alpha value is -2.34. The summed E-state index contributed by atoms with van der Waals surface area (Å²) < 4.78 is 0. The van der Waals surface area contributed by atoms with Crippen molar-refractivity contribution in [3.63, 3.8) is 0 Å². The lowest BCUT2D eigenvalue weighted by atomic mass is 10.1. The highest BCUT2D eigenvalue weighted by atomic mass is 35.5. The normalized spacial score (nSPS) is 12.1. The highest BCUT2D eigenvalue weighted by molar-refractivity contribution is 7.99. The van der Waals surface area contributed by atoms with Crippen LogP contribution in [0.3, 0.4) is 0 Å². The number of phenols is 2. The molecule has 2 N–H and O–H groups in total. The molecule has 4 rings (SSSR count). The molecule has 0 saturated heterocycles. The molecule has 0 unspecified atom stereocenters. The number of fused-ring (bicyclic) bond motifs is 2. The van der Waals surface area contributed by atoms with Crippen LogP contribution in [0, 0.1) is 0 Å². The maximum absolute atomic E-state index is 9.49. The zero-order valence-electron chi connectivity index (χ0n) is 21.0. The minimum absolute atomic E-state index is 0.125. The van der Waals surface area contributed by atoms with Gasteiger partial charge in [-0.25, -0.2) is 0 Å². The molecular formula is C29H37ClN2O2S. The lowest BCUT2D eigenvalue weighted by Gasteiger charge is -2.33. The maximum Gasteiger partial charge on any atom is 0.122 e. The second kappa shape index (κ2) is 13.7. The van der Waals surface area contributed by atoms with Crippen molar-refractivity contribution in [2.45, 2.75) is 55.2 Å². The average Bonchev–Trinajstić information content (AvgIpc) is 2.83. The molecule has 35 heavy (non-hydrogen) atoms. The lowest BCUT2D eigenvalue weighted by Crippen LogP contribution is -2.25. The number of phenolic OH excluding ortho intramolecular Hbond substituents is 2. The molecule has 0 fully saturated rings. The number of hydrogen-bond acceptors (Lipinski definition) is 5. The predicted molar refractivity (Wildman–Crippen MR) is 150 cm³/mol. The molecule has 1 aliphatic heterocycles.